The smallest absolute Gasteiger partial charge is 0.258 e. The number of nitrogens with zero attached hydrogens (tertiary/aromatic N) is 1. The molecule has 0 N–H and O–H groups in total. The van der Waals surface area contributed by atoms with E-state index < -0.39 is 0 Å². The van der Waals surface area contributed by atoms with Gasteiger partial charge in [-0.05, 0) is 30.9 Å². The van der Waals surface area contributed by atoms with Crippen LogP contribution in [0.1, 0.15) is 17.5 Å². The Morgan fingerprint density at radius 3 is 2.71 bits per heavy atom. The second-order valence-electron chi connectivity index (χ2n) is 3.17. The van der Waals surface area contributed by atoms with E-state index >= 15 is 0 Å². The van der Waals surface area contributed by atoms with E-state index in [-0.39, 0.29) is 23.0 Å². The Hall–Kier alpha value is -0.610. The van der Waals surface area contributed by atoms with Gasteiger partial charge in [-0.3, -0.25) is 10.1 Å². The van der Waals surface area contributed by atoms with E-state index in [4.69, 9.17) is 0 Å². The van der Waals surface area contributed by atoms with Crippen molar-refractivity contribution < 1.29 is 4.92 Å². The molecule has 0 atom stereocenters. The Balaban J connectivity index is 0.000000980. The second-order valence-corrected chi connectivity index (χ2v) is 4.09. The number of nitro groups is 1. The summed E-state index contributed by atoms with van der Waals surface area (Å²) in [6, 6.07) is 3.57. The maximum Gasteiger partial charge on any atom is 0.273 e. The largest absolute Gasteiger partial charge is 0.273 e. The predicted octanol–water partition coefficient (Wildman–Crippen LogP) is 3.27. The monoisotopic (exact) mass is 277 g/mol. The first-order valence-electron chi connectivity index (χ1n) is 4.14. The summed E-state index contributed by atoms with van der Waals surface area (Å²) < 4.78 is 0.805. The zero-order valence-electron chi connectivity index (χ0n) is 7.33. The van der Waals surface area contributed by atoms with Crippen LogP contribution in [0.5, 0.6) is 0 Å². The van der Waals surface area contributed by atoms with Crippen LogP contribution >= 0.6 is 28.3 Å². The number of halogens is 2. The summed E-state index contributed by atoms with van der Waals surface area (Å²) in [5.41, 5.74) is 2.32. The number of aryl methyl sites for hydroxylation is 1. The summed E-state index contributed by atoms with van der Waals surface area (Å²) in [5, 5.41) is 10.7. The van der Waals surface area contributed by atoms with Crippen molar-refractivity contribution in [3.05, 3.63) is 37.8 Å². The van der Waals surface area contributed by atoms with Gasteiger partial charge in [-0.1, -0.05) is 15.9 Å². The molecule has 1 aliphatic rings. The number of hydrogen-bond donors (Lipinski definition) is 0. The van der Waals surface area contributed by atoms with Crippen LogP contribution in [0.25, 0.3) is 0 Å². The van der Waals surface area contributed by atoms with E-state index in [9.17, 15) is 10.1 Å². The molecule has 76 valence electrons. The molecule has 0 amide bonds. The first-order valence-corrected chi connectivity index (χ1v) is 4.93. The Morgan fingerprint density at radius 1 is 1.36 bits per heavy atom. The van der Waals surface area contributed by atoms with Crippen molar-refractivity contribution >= 4 is 34.0 Å². The van der Waals surface area contributed by atoms with E-state index in [0.717, 1.165) is 34.9 Å². The van der Waals surface area contributed by atoms with Crippen LogP contribution < -0.4 is 0 Å². The van der Waals surface area contributed by atoms with E-state index in [1.165, 1.54) is 0 Å². The van der Waals surface area contributed by atoms with Gasteiger partial charge < -0.3 is 0 Å². The number of nitro benzene ring substituents is 1. The van der Waals surface area contributed by atoms with Crippen molar-refractivity contribution in [3.63, 3.8) is 0 Å². The number of fused-ring (bicyclic) bond motifs is 1. The molecule has 0 spiro atoms. The first-order chi connectivity index (χ1) is 6.18. The molecule has 2 rings (SSSR count). The molecule has 14 heavy (non-hydrogen) atoms. The molecule has 0 saturated carbocycles. The third-order valence-electron chi connectivity index (χ3n) is 2.35. The molecular formula is C9H9BrClNO2. The van der Waals surface area contributed by atoms with Gasteiger partial charge in [-0.25, -0.2) is 0 Å². The van der Waals surface area contributed by atoms with Crippen molar-refractivity contribution in [2.75, 3.05) is 0 Å². The van der Waals surface area contributed by atoms with Gasteiger partial charge in [0.05, 0.1) is 4.92 Å². The second kappa shape index (κ2) is 4.28. The topological polar surface area (TPSA) is 43.1 Å². The predicted molar refractivity (Wildman–Crippen MR) is 60.1 cm³/mol. The minimum atomic E-state index is -0.297. The van der Waals surface area contributed by atoms with Crippen LogP contribution in [0.3, 0.4) is 0 Å². The highest BCUT2D eigenvalue weighted by atomic mass is 79.9. The highest BCUT2D eigenvalue weighted by Crippen LogP contribution is 2.33. The van der Waals surface area contributed by atoms with Gasteiger partial charge in [0, 0.05) is 16.1 Å². The third-order valence-corrected chi connectivity index (χ3v) is 2.81. The van der Waals surface area contributed by atoms with Crippen molar-refractivity contribution in [1.29, 1.82) is 0 Å². The van der Waals surface area contributed by atoms with Gasteiger partial charge in [0.1, 0.15) is 0 Å². The van der Waals surface area contributed by atoms with E-state index in [0.29, 0.717) is 0 Å². The molecule has 0 fully saturated rings. The third kappa shape index (κ3) is 1.91. The summed E-state index contributed by atoms with van der Waals surface area (Å²) >= 11 is 3.28. The fraction of sp³-hybridized carbons (Fsp3) is 0.333. The van der Waals surface area contributed by atoms with Crippen molar-refractivity contribution in [2.45, 2.75) is 19.3 Å². The summed E-state index contributed by atoms with van der Waals surface area (Å²) in [5.74, 6) is 0. The molecule has 1 aliphatic carbocycles. The van der Waals surface area contributed by atoms with Gasteiger partial charge in [-0.2, -0.15) is 0 Å². The van der Waals surface area contributed by atoms with Crippen LogP contribution in [-0.2, 0) is 12.8 Å². The fourth-order valence-corrected chi connectivity index (χ4v) is 2.30. The maximum atomic E-state index is 10.7. The van der Waals surface area contributed by atoms with Crippen molar-refractivity contribution in [2.24, 2.45) is 0 Å². The van der Waals surface area contributed by atoms with Crippen LogP contribution in [0.2, 0.25) is 0 Å². The minimum absolute atomic E-state index is 0. The molecule has 0 heterocycles. The summed E-state index contributed by atoms with van der Waals surface area (Å²) in [6.45, 7) is 0. The Morgan fingerprint density at radius 2 is 2.07 bits per heavy atom. The zero-order chi connectivity index (χ0) is 9.42. The lowest BCUT2D eigenvalue weighted by atomic mass is 10.1. The molecular weight excluding hydrogens is 269 g/mol. The molecule has 0 bridgehead atoms. The number of hydrogen-bond acceptors (Lipinski definition) is 2. The lowest BCUT2D eigenvalue weighted by Gasteiger charge is -2.01. The van der Waals surface area contributed by atoms with E-state index in [1.807, 2.05) is 6.07 Å². The molecule has 1 aromatic rings. The van der Waals surface area contributed by atoms with Crippen LogP contribution in [-0.4, -0.2) is 4.92 Å². The van der Waals surface area contributed by atoms with Crippen molar-refractivity contribution in [1.82, 2.24) is 0 Å². The van der Waals surface area contributed by atoms with E-state index in [1.54, 1.807) is 6.07 Å². The normalized spacial score (nSPS) is 13.2. The van der Waals surface area contributed by atoms with Gasteiger partial charge in [0.15, 0.2) is 0 Å². The molecule has 0 radical (unpaired) electrons. The van der Waals surface area contributed by atoms with Gasteiger partial charge in [0.2, 0.25) is 0 Å². The fourth-order valence-electron chi connectivity index (χ4n) is 1.81. The van der Waals surface area contributed by atoms with Gasteiger partial charge in [0.25, 0.3) is 5.69 Å². The maximum absolute atomic E-state index is 10.7. The van der Waals surface area contributed by atoms with Crippen LogP contribution in [0.4, 0.5) is 5.69 Å². The van der Waals surface area contributed by atoms with Gasteiger partial charge in [-0.15, -0.1) is 12.4 Å². The quantitative estimate of drug-likeness (QED) is 0.584. The van der Waals surface area contributed by atoms with Crippen LogP contribution in [0.15, 0.2) is 16.6 Å². The molecule has 5 heteroatoms. The number of rotatable bonds is 1. The summed E-state index contributed by atoms with van der Waals surface area (Å²) in [4.78, 5) is 10.4. The molecule has 0 unspecified atom stereocenters. The average molecular weight is 279 g/mol. The Bertz CT molecular complexity index is 381. The average Bonchev–Trinajstić information content (AvgIpc) is 2.49. The first kappa shape index (κ1) is 11.5. The highest BCUT2D eigenvalue weighted by molar-refractivity contribution is 9.10. The van der Waals surface area contributed by atoms with Gasteiger partial charge >= 0.3 is 0 Å². The SMILES string of the molecule is Cl.O=[N+]([O-])c1cc(Br)cc2c1CCC2. The molecule has 0 saturated heterocycles. The van der Waals surface area contributed by atoms with Crippen LogP contribution in [0, 0.1) is 10.1 Å². The Kier molecular flexibility index (Phi) is 3.50. The standard InChI is InChI=1S/C9H8BrNO2.ClH/c10-7-4-6-2-1-3-8(6)9(5-7)11(12)13;/h4-5H,1-3H2;1H. The molecule has 0 aliphatic heterocycles. The Labute approximate surface area is 96.2 Å². The molecule has 3 nitrogen and oxygen atoms in total. The summed E-state index contributed by atoms with van der Waals surface area (Å²) in [7, 11) is 0. The van der Waals surface area contributed by atoms with Crippen molar-refractivity contribution in [3.8, 4) is 0 Å². The number of benzene rings is 1. The lowest BCUT2D eigenvalue weighted by Crippen LogP contribution is -1.94. The minimum Gasteiger partial charge on any atom is -0.258 e. The van der Waals surface area contributed by atoms with E-state index in [2.05, 4.69) is 15.9 Å². The summed E-state index contributed by atoms with van der Waals surface area (Å²) in [6.07, 6.45) is 2.85. The zero-order valence-corrected chi connectivity index (χ0v) is 9.73. The highest BCUT2D eigenvalue weighted by Gasteiger charge is 2.22. The molecule has 0 aromatic heterocycles. The molecule has 1 aromatic carbocycles. The lowest BCUT2D eigenvalue weighted by molar-refractivity contribution is -0.385.